The highest BCUT2D eigenvalue weighted by Gasteiger charge is 1.92. The van der Waals surface area contributed by atoms with Gasteiger partial charge in [0.1, 0.15) is 0 Å². The van der Waals surface area contributed by atoms with Crippen molar-refractivity contribution >= 4 is 12.3 Å². The van der Waals surface area contributed by atoms with Crippen molar-refractivity contribution in [1.82, 2.24) is 0 Å². The topological polar surface area (TPSA) is 38.7 Å². The van der Waals surface area contributed by atoms with Crippen molar-refractivity contribution in [3.8, 4) is 0 Å². The van der Waals surface area contributed by atoms with E-state index >= 15 is 0 Å². The van der Waals surface area contributed by atoms with Crippen LogP contribution in [-0.2, 0) is 4.74 Å². The summed E-state index contributed by atoms with van der Waals surface area (Å²) in [6, 6.07) is 7.70. The smallest absolute Gasteiger partial charge is 0.433 e. The Balaban J connectivity index is 2.74. The number of hydrogen-bond donors (Lipinski definition) is 0. The lowest BCUT2D eigenvalue weighted by Crippen LogP contribution is -1.93. The normalized spacial score (nSPS) is 10.3. The minimum Gasteiger partial charge on any atom is -0.451 e. The number of benzene rings is 1. The molecule has 0 heterocycles. The van der Waals surface area contributed by atoms with Crippen molar-refractivity contribution in [2.75, 3.05) is 7.11 Å². The van der Waals surface area contributed by atoms with Crippen LogP contribution in [0.4, 0.5) is 4.79 Å². The van der Waals surface area contributed by atoms with Gasteiger partial charge in [-0.2, -0.15) is 4.99 Å². The molecule has 1 amide bonds. The van der Waals surface area contributed by atoms with Gasteiger partial charge in [-0.05, 0) is 12.5 Å². The van der Waals surface area contributed by atoms with E-state index in [4.69, 9.17) is 0 Å². The molecular weight excluding hydrogens is 166 g/mol. The molecule has 1 rings (SSSR count). The Hall–Kier alpha value is -1.64. The zero-order valence-electron chi connectivity index (χ0n) is 7.65. The average Bonchev–Trinajstić information content (AvgIpc) is 2.14. The first-order chi connectivity index (χ1) is 6.22. The molecule has 0 atom stereocenters. The van der Waals surface area contributed by atoms with E-state index in [9.17, 15) is 4.79 Å². The van der Waals surface area contributed by atoms with E-state index in [0.29, 0.717) is 0 Å². The Morgan fingerprint density at radius 3 is 2.92 bits per heavy atom. The first-order valence-electron chi connectivity index (χ1n) is 3.91. The Morgan fingerprint density at radius 1 is 1.54 bits per heavy atom. The molecule has 0 bridgehead atoms. The van der Waals surface area contributed by atoms with Crippen molar-refractivity contribution in [2.45, 2.75) is 6.92 Å². The van der Waals surface area contributed by atoms with Crippen LogP contribution in [0.15, 0.2) is 29.3 Å². The average molecular weight is 177 g/mol. The van der Waals surface area contributed by atoms with Crippen LogP contribution >= 0.6 is 0 Å². The number of rotatable bonds is 1. The van der Waals surface area contributed by atoms with Gasteiger partial charge in [-0.25, -0.2) is 4.79 Å². The highest BCUT2D eigenvalue weighted by Crippen LogP contribution is 2.00. The molecule has 0 aromatic heterocycles. The Labute approximate surface area is 77.1 Å². The fourth-order valence-corrected chi connectivity index (χ4v) is 0.930. The van der Waals surface area contributed by atoms with Gasteiger partial charge in [0.15, 0.2) is 0 Å². The van der Waals surface area contributed by atoms with Crippen molar-refractivity contribution in [1.29, 1.82) is 0 Å². The van der Waals surface area contributed by atoms with Gasteiger partial charge in [0.05, 0.1) is 7.11 Å². The molecule has 0 saturated heterocycles. The number of amides is 1. The van der Waals surface area contributed by atoms with E-state index in [1.165, 1.54) is 13.3 Å². The van der Waals surface area contributed by atoms with Gasteiger partial charge >= 0.3 is 6.09 Å². The van der Waals surface area contributed by atoms with Crippen LogP contribution < -0.4 is 0 Å². The predicted octanol–water partition coefficient (Wildman–Crippen LogP) is 2.18. The summed E-state index contributed by atoms with van der Waals surface area (Å²) in [5, 5.41) is 0. The zero-order valence-corrected chi connectivity index (χ0v) is 7.65. The number of ether oxygens (including phenoxy) is 1. The second-order valence-corrected chi connectivity index (χ2v) is 2.64. The Morgan fingerprint density at radius 2 is 2.31 bits per heavy atom. The van der Waals surface area contributed by atoms with Crippen LogP contribution in [0.1, 0.15) is 11.1 Å². The minimum atomic E-state index is -0.582. The van der Waals surface area contributed by atoms with E-state index in [1.54, 1.807) is 0 Å². The quantitative estimate of drug-likeness (QED) is 0.616. The molecule has 0 saturated carbocycles. The van der Waals surface area contributed by atoms with Gasteiger partial charge in [0.25, 0.3) is 0 Å². The fourth-order valence-electron chi connectivity index (χ4n) is 0.930. The largest absolute Gasteiger partial charge is 0.451 e. The summed E-state index contributed by atoms with van der Waals surface area (Å²) in [5.41, 5.74) is 2.03. The standard InChI is InChI=1S/C10H11NO2/c1-8-4-3-5-9(6-8)7-11-10(12)13-2/h3-7H,1-2H3/b11-7+. The van der Waals surface area contributed by atoms with Crippen molar-refractivity contribution in [3.05, 3.63) is 35.4 Å². The van der Waals surface area contributed by atoms with Crippen LogP contribution in [0, 0.1) is 6.92 Å². The SMILES string of the molecule is COC(=O)/N=C/c1cccc(C)c1. The van der Waals surface area contributed by atoms with E-state index in [1.807, 2.05) is 31.2 Å². The molecule has 0 aliphatic carbocycles. The third kappa shape index (κ3) is 3.07. The maximum atomic E-state index is 10.6. The number of methoxy groups -OCH3 is 1. The summed E-state index contributed by atoms with van der Waals surface area (Å²) in [6.07, 6.45) is 0.903. The lowest BCUT2D eigenvalue weighted by Gasteiger charge is -1.94. The maximum absolute atomic E-state index is 10.6. The summed E-state index contributed by atoms with van der Waals surface area (Å²) in [7, 11) is 1.30. The molecule has 3 nitrogen and oxygen atoms in total. The molecule has 0 N–H and O–H groups in total. The summed E-state index contributed by atoms with van der Waals surface area (Å²) in [4.78, 5) is 14.2. The van der Waals surface area contributed by atoms with Crippen LogP contribution in [0.3, 0.4) is 0 Å². The number of aliphatic imine (C=N–C) groups is 1. The molecule has 3 heteroatoms. The van der Waals surface area contributed by atoms with E-state index in [2.05, 4.69) is 9.73 Å². The van der Waals surface area contributed by atoms with E-state index in [-0.39, 0.29) is 0 Å². The lowest BCUT2D eigenvalue weighted by atomic mass is 10.2. The van der Waals surface area contributed by atoms with Crippen molar-refractivity contribution in [2.24, 2.45) is 4.99 Å². The predicted molar refractivity (Wildman–Crippen MR) is 51.2 cm³/mol. The second-order valence-electron chi connectivity index (χ2n) is 2.64. The molecule has 0 unspecified atom stereocenters. The van der Waals surface area contributed by atoms with E-state index < -0.39 is 6.09 Å². The van der Waals surface area contributed by atoms with Crippen molar-refractivity contribution in [3.63, 3.8) is 0 Å². The van der Waals surface area contributed by atoms with Gasteiger partial charge in [-0.3, -0.25) is 0 Å². The molecule has 1 aromatic carbocycles. The number of hydrogen-bond acceptors (Lipinski definition) is 2. The zero-order chi connectivity index (χ0) is 9.68. The van der Waals surface area contributed by atoms with Crippen LogP contribution in [-0.4, -0.2) is 19.4 Å². The van der Waals surface area contributed by atoms with Crippen LogP contribution in [0.2, 0.25) is 0 Å². The molecule has 13 heavy (non-hydrogen) atoms. The molecule has 0 spiro atoms. The number of carbonyl (C=O) groups excluding carboxylic acids is 1. The van der Waals surface area contributed by atoms with Crippen LogP contribution in [0.25, 0.3) is 0 Å². The number of nitrogens with zero attached hydrogens (tertiary/aromatic N) is 1. The fraction of sp³-hybridized carbons (Fsp3) is 0.200. The van der Waals surface area contributed by atoms with Gasteiger partial charge in [-0.15, -0.1) is 0 Å². The van der Waals surface area contributed by atoms with Gasteiger partial charge < -0.3 is 4.74 Å². The van der Waals surface area contributed by atoms with Crippen molar-refractivity contribution < 1.29 is 9.53 Å². The minimum absolute atomic E-state index is 0.582. The first-order valence-corrected chi connectivity index (χ1v) is 3.91. The molecule has 0 fully saturated rings. The molecule has 0 aliphatic heterocycles. The lowest BCUT2D eigenvalue weighted by molar-refractivity contribution is 0.183. The number of carbonyl (C=O) groups is 1. The van der Waals surface area contributed by atoms with Gasteiger partial charge in [0, 0.05) is 6.21 Å². The maximum Gasteiger partial charge on any atom is 0.433 e. The summed E-state index contributed by atoms with van der Waals surface area (Å²) < 4.78 is 4.37. The molecule has 68 valence electrons. The monoisotopic (exact) mass is 177 g/mol. The third-order valence-electron chi connectivity index (χ3n) is 1.54. The third-order valence-corrected chi connectivity index (χ3v) is 1.54. The Bertz CT molecular complexity index is 331. The van der Waals surface area contributed by atoms with Gasteiger partial charge in [-0.1, -0.05) is 29.8 Å². The second kappa shape index (κ2) is 4.40. The summed E-state index contributed by atoms with van der Waals surface area (Å²) >= 11 is 0. The van der Waals surface area contributed by atoms with Gasteiger partial charge in [0.2, 0.25) is 0 Å². The van der Waals surface area contributed by atoms with Crippen LogP contribution in [0.5, 0.6) is 0 Å². The first kappa shape index (κ1) is 9.45. The van der Waals surface area contributed by atoms with E-state index in [0.717, 1.165) is 11.1 Å². The molecule has 1 aromatic rings. The Kier molecular flexibility index (Phi) is 3.20. The summed E-state index contributed by atoms with van der Waals surface area (Å²) in [6.45, 7) is 1.98. The highest BCUT2D eigenvalue weighted by molar-refractivity contribution is 5.88. The molecular formula is C10H11NO2. The number of aryl methyl sites for hydroxylation is 1. The summed E-state index contributed by atoms with van der Waals surface area (Å²) in [5.74, 6) is 0. The molecule has 0 aliphatic rings. The molecule has 0 radical (unpaired) electrons. The highest BCUT2D eigenvalue weighted by atomic mass is 16.5.